The molecule has 1 saturated carbocycles. The molecule has 1 aliphatic carbocycles. The molecule has 1 fully saturated rings. The van der Waals surface area contributed by atoms with Gasteiger partial charge < -0.3 is 15.2 Å². The van der Waals surface area contributed by atoms with Gasteiger partial charge in [0.15, 0.2) is 11.6 Å². The summed E-state index contributed by atoms with van der Waals surface area (Å²) in [5, 5.41) is 11.8. The average Bonchev–Trinajstić information content (AvgIpc) is 2.92. The van der Waals surface area contributed by atoms with Crippen molar-refractivity contribution in [1.82, 2.24) is 5.32 Å². The van der Waals surface area contributed by atoms with Crippen LogP contribution in [0.3, 0.4) is 0 Å². The zero-order valence-corrected chi connectivity index (χ0v) is 13.3. The summed E-state index contributed by atoms with van der Waals surface area (Å²) in [6, 6.07) is 3.03. The monoisotopic (exact) mass is 341 g/mol. The number of carboxylic acids is 1. The summed E-state index contributed by atoms with van der Waals surface area (Å²) < 4.78 is 31.3. The van der Waals surface area contributed by atoms with Crippen molar-refractivity contribution >= 4 is 11.9 Å². The highest BCUT2D eigenvalue weighted by Crippen LogP contribution is 2.32. The molecule has 132 valence electrons. The third kappa shape index (κ3) is 5.18. The molecule has 5 nitrogen and oxygen atoms in total. The molecule has 24 heavy (non-hydrogen) atoms. The molecule has 0 spiro atoms. The first-order chi connectivity index (χ1) is 11.4. The molecule has 0 heterocycles. The molecule has 0 atom stereocenters. The van der Waals surface area contributed by atoms with Crippen LogP contribution < -0.4 is 10.1 Å². The van der Waals surface area contributed by atoms with E-state index in [1.54, 1.807) is 0 Å². The molecule has 0 saturated heterocycles. The Morgan fingerprint density at radius 1 is 1.25 bits per heavy atom. The van der Waals surface area contributed by atoms with Crippen LogP contribution in [0.15, 0.2) is 18.2 Å². The Morgan fingerprint density at radius 3 is 2.58 bits per heavy atom. The lowest BCUT2D eigenvalue weighted by Gasteiger charge is -2.28. The maximum absolute atomic E-state index is 13.4. The maximum atomic E-state index is 13.4. The van der Waals surface area contributed by atoms with Gasteiger partial charge in [0.1, 0.15) is 5.82 Å². The predicted molar refractivity (Wildman–Crippen MR) is 82.7 cm³/mol. The zero-order valence-electron chi connectivity index (χ0n) is 13.3. The lowest BCUT2D eigenvalue weighted by molar-refractivity contribution is -0.139. The molecule has 0 aromatic heterocycles. The second-order valence-corrected chi connectivity index (χ2v) is 6.13. The summed E-state index contributed by atoms with van der Waals surface area (Å²) in [6.07, 6.45) is 3.58. The fourth-order valence-corrected chi connectivity index (χ4v) is 3.05. The van der Waals surface area contributed by atoms with Crippen LogP contribution in [0.1, 0.15) is 44.9 Å². The summed E-state index contributed by atoms with van der Waals surface area (Å²) in [6.45, 7) is 0.113. The maximum Gasteiger partial charge on any atom is 0.305 e. The number of carbonyl (C=O) groups is 2. The van der Waals surface area contributed by atoms with E-state index in [1.165, 1.54) is 6.07 Å². The van der Waals surface area contributed by atoms with Gasteiger partial charge in [-0.1, -0.05) is 12.8 Å². The van der Waals surface area contributed by atoms with E-state index in [0.717, 1.165) is 25.0 Å². The molecule has 2 rings (SSSR count). The minimum Gasteiger partial charge on any atom is -0.491 e. The number of carbonyl (C=O) groups excluding carboxylic acids is 1. The van der Waals surface area contributed by atoms with Crippen molar-refractivity contribution in [1.29, 1.82) is 0 Å². The number of hydrogen-bond donors (Lipinski definition) is 2. The minimum atomic E-state index is -0.924. The van der Waals surface area contributed by atoms with Gasteiger partial charge in [0, 0.05) is 12.5 Å². The van der Waals surface area contributed by atoms with Gasteiger partial charge in [0.25, 0.3) is 0 Å². The van der Waals surface area contributed by atoms with Gasteiger partial charge in [0.05, 0.1) is 18.6 Å². The molecule has 0 aliphatic heterocycles. The highest BCUT2D eigenvalue weighted by molar-refractivity contribution is 5.78. The SMILES string of the molecule is O=C(O)CC1(NC(=O)CCCOc2ccc(F)cc2F)CCCC1. The zero-order chi connectivity index (χ0) is 17.6. The molecule has 1 aromatic carbocycles. The number of rotatable bonds is 8. The summed E-state index contributed by atoms with van der Waals surface area (Å²) in [5.41, 5.74) is -0.646. The summed E-state index contributed by atoms with van der Waals surface area (Å²) in [4.78, 5) is 23.0. The van der Waals surface area contributed by atoms with E-state index in [9.17, 15) is 18.4 Å². The molecule has 0 bridgehead atoms. The number of carboxylic acid groups (broad SMARTS) is 1. The lowest BCUT2D eigenvalue weighted by Crippen LogP contribution is -2.47. The van der Waals surface area contributed by atoms with E-state index in [-0.39, 0.29) is 31.1 Å². The fraction of sp³-hybridized carbons (Fsp3) is 0.529. The molecule has 1 aromatic rings. The smallest absolute Gasteiger partial charge is 0.305 e. The van der Waals surface area contributed by atoms with Crippen molar-refractivity contribution in [2.24, 2.45) is 0 Å². The Labute approximate surface area is 139 Å². The number of amides is 1. The highest BCUT2D eigenvalue weighted by atomic mass is 19.1. The third-order valence-electron chi connectivity index (χ3n) is 4.15. The first-order valence-corrected chi connectivity index (χ1v) is 8.01. The Morgan fingerprint density at radius 2 is 1.96 bits per heavy atom. The van der Waals surface area contributed by atoms with Crippen LogP contribution >= 0.6 is 0 Å². The topological polar surface area (TPSA) is 75.6 Å². The average molecular weight is 341 g/mol. The molecular formula is C17H21F2NO4. The van der Waals surface area contributed by atoms with E-state index in [2.05, 4.69) is 5.32 Å². The fourth-order valence-electron chi connectivity index (χ4n) is 3.05. The molecule has 1 aliphatic rings. The van der Waals surface area contributed by atoms with E-state index >= 15 is 0 Å². The van der Waals surface area contributed by atoms with Crippen LogP contribution in [-0.2, 0) is 9.59 Å². The van der Waals surface area contributed by atoms with E-state index in [0.29, 0.717) is 19.3 Å². The number of hydrogen-bond acceptors (Lipinski definition) is 3. The molecule has 7 heteroatoms. The van der Waals surface area contributed by atoms with Crippen LogP contribution in [0.4, 0.5) is 8.78 Å². The van der Waals surface area contributed by atoms with E-state index in [1.807, 2.05) is 0 Å². The molecule has 2 N–H and O–H groups in total. The van der Waals surface area contributed by atoms with Crippen molar-refractivity contribution in [2.75, 3.05) is 6.61 Å². The normalized spacial score (nSPS) is 15.9. The highest BCUT2D eigenvalue weighted by Gasteiger charge is 2.37. The van der Waals surface area contributed by atoms with Gasteiger partial charge in [-0.3, -0.25) is 9.59 Å². The number of halogens is 2. The van der Waals surface area contributed by atoms with Crippen molar-refractivity contribution in [3.63, 3.8) is 0 Å². The van der Waals surface area contributed by atoms with Gasteiger partial charge in [-0.05, 0) is 31.4 Å². The standard InChI is InChI=1S/C17H21F2NO4/c18-12-5-6-14(13(19)10-12)24-9-3-4-15(21)20-17(11-16(22)23)7-1-2-8-17/h5-6,10H,1-4,7-9,11H2,(H,20,21)(H,22,23). The Hall–Kier alpha value is -2.18. The van der Waals surface area contributed by atoms with Gasteiger partial charge in [0.2, 0.25) is 5.91 Å². The van der Waals surface area contributed by atoms with Crippen LogP contribution in [0.5, 0.6) is 5.75 Å². The van der Waals surface area contributed by atoms with Crippen molar-refractivity contribution in [3.05, 3.63) is 29.8 Å². The summed E-state index contributed by atoms with van der Waals surface area (Å²) in [7, 11) is 0. The first kappa shape index (κ1) is 18.2. The molecule has 0 radical (unpaired) electrons. The Balaban J connectivity index is 1.75. The van der Waals surface area contributed by atoms with Crippen LogP contribution in [-0.4, -0.2) is 29.1 Å². The quantitative estimate of drug-likeness (QED) is 0.713. The lowest BCUT2D eigenvalue weighted by atomic mass is 9.93. The second-order valence-electron chi connectivity index (χ2n) is 6.13. The number of aliphatic carboxylic acids is 1. The number of ether oxygens (including phenoxy) is 1. The Bertz CT molecular complexity index is 600. The van der Waals surface area contributed by atoms with Gasteiger partial charge in [-0.25, -0.2) is 8.78 Å². The van der Waals surface area contributed by atoms with Gasteiger partial charge in [-0.15, -0.1) is 0 Å². The van der Waals surface area contributed by atoms with Crippen molar-refractivity contribution in [2.45, 2.75) is 50.5 Å². The molecule has 0 unspecified atom stereocenters. The van der Waals surface area contributed by atoms with E-state index < -0.39 is 23.1 Å². The van der Waals surface area contributed by atoms with Crippen molar-refractivity contribution in [3.8, 4) is 5.75 Å². The third-order valence-corrected chi connectivity index (χ3v) is 4.15. The molecular weight excluding hydrogens is 320 g/mol. The Kier molecular flexibility index (Phi) is 6.11. The summed E-state index contributed by atoms with van der Waals surface area (Å²) >= 11 is 0. The number of nitrogens with one attached hydrogen (secondary N) is 1. The van der Waals surface area contributed by atoms with Crippen LogP contribution in [0.2, 0.25) is 0 Å². The van der Waals surface area contributed by atoms with E-state index in [4.69, 9.17) is 9.84 Å². The minimum absolute atomic E-state index is 0.0602. The molecule has 1 amide bonds. The van der Waals surface area contributed by atoms with Crippen molar-refractivity contribution < 1.29 is 28.2 Å². The second kappa shape index (κ2) is 8.08. The predicted octanol–water partition coefficient (Wildman–Crippen LogP) is 3.03. The summed E-state index contributed by atoms with van der Waals surface area (Å²) in [5.74, 6) is -2.69. The van der Waals surface area contributed by atoms with Gasteiger partial charge in [-0.2, -0.15) is 0 Å². The number of benzene rings is 1. The first-order valence-electron chi connectivity index (χ1n) is 8.01. The van der Waals surface area contributed by atoms with Crippen LogP contribution in [0.25, 0.3) is 0 Å². The van der Waals surface area contributed by atoms with Gasteiger partial charge >= 0.3 is 5.97 Å². The van der Waals surface area contributed by atoms with Crippen LogP contribution in [0, 0.1) is 11.6 Å². The largest absolute Gasteiger partial charge is 0.491 e.